The molecule has 104 valence electrons. The first-order chi connectivity index (χ1) is 9.40. The minimum absolute atomic E-state index is 0.204. The number of carbonyl (C=O) groups is 1. The third-order valence-electron chi connectivity index (χ3n) is 2.77. The van der Waals surface area contributed by atoms with E-state index < -0.39 is 23.1 Å². The summed E-state index contributed by atoms with van der Waals surface area (Å²) in [6.45, 7) is 1.46. The van der Waals surface area contributed by atoms with Crippen molar-refractivity contribution in [3.05, 3.63) is 57.6 Å². The second-order valence-electron chi connectivity index (χ2n) is 4.24. The predicted octanol–water partition coefficient (Wildman–Crippen LogP) is 3.87. The Morgan fingerprint density at radius 3 is 2.60 bits per heavy atom. The Bertz CT molecular complexity index is 689. The van der Waals surface area contributed by atoms with Crippen LogP contribution in [0.5, 0.6) is 0 Å². The molecule has 0 aliphatic heterocycles. The molecule has 2 aromatic rings. The van der Waals surface area contributed by atoms with Crippen LogP contribution >= 0.6 is 15.9 Å². The molecule has 0 aromatic heterocycles. The highest BCUT2D eigenvalue weighted by Crippen LogP contribution is 2.24. The molecular formula is C14H11BrF2N2O. The Hall–Kier alpha value is -1.95. The van der Waals surface area contributed by atoms with Crippen molar-refractivity contribution >= 4 is 33.2 Å². The molecule has 0 saturated carbocycles. The van der Waals surface area contributed by atoms with Gasteiger partial charge in [0.2, 0.25) is 0 Å². The zero-order chi connectivity index (χ0) is 14.9. The summed E-state index contributed by atoms with van der Waals surface area (Å²) in [6, 6.07) is 7.01. The van der Waals surface area contributed by atoms with Crippen LogP contribution in [0.2, 0.25) is 0 Å². The van der Waals surface area contributed by atoms with Crippen LogP contribution < -0.4 is 11.1 Å². The van der Waals surface area contributed by atoms with Crippen molar-refractivity contribution in [3.8, 4) is 0 Å². The minimum atomic E-state index is -0.903. The Kier molecular flexibility index (Phi) is 4.04. The van der Waals surface area contributed by atoms with Crippen LogP contribution in [0.25, 0.3) is 0 Å². The molecule has 0 saturated heterocycles. The van der Waals surface area contributed by atoms with E-state index in [0.29, 0.717) is 15.8 Å². The van der Waals surface area contributed by atoms with Gasteiger partial charge in [0, 0.05) is 15.8 Å². The average Bonchev–Trinajstić information content (AvgIpc) is 2.39. The van der Waals surface area contributed by atoms with E-state index in [0.717, 1.165) is 6.07 Å². The summed E-state index contributed by atoms with van der Waals surface area (Å²) >= 11 is 3.21. The zero-order valence-electron chi connectivity index (χ0n) is 10.5. The number of hydrogen-bond acceptors (Lipinski definition) is 2. The van der Waals surface area contributed by atoms with Gasteiger partial charge in [0.05, 0.1) is 0 Å². The molecule has 2 rings (SSSR count). The molecule has 0 radical (unpaired) electrons. The first kappa shape index (κ1) is 14.5. The van der Waals surface area contributed by atoms with Gasteiger partial charge in [-0.2, -0.15) is 0 Å². The van der Waals surface area contributed by atoms with Crippen molar-refractivity contribution < 1.29 is 13.6 Å². The normalized spacial score (nSPS) is 10.4. The third kappa shape index (κ3) is 2.80. The summed E-state index contributed by atoms with van der Waals surface area (Å²) < 4.78 is 28.0. The third-order valence-corrected chi connectivity index (χ3v) is 3.46. The molecule has 1 amide bonds. The summed E-state index contributed by atoms with van der Waals surface area (Å²) in [6.07, 6.45) is 0. The topological polar surface area (TPSA) is 55.1 Å². The molecular weight excluding hydrogens is 330 g/mol. The number of halogens is 3. The van der Waals surface area contributed by atoms with Gasteiger partial charge in [-0.3, -0.25) is 4.79 Å². The molecule has 20 heavy (non-hydrogen) atoms. The fourth-order valence-electron chi connectivity index (χ4n) is 1.66. The Balaban J connectivity index is 2.33. The van der Waals surface area contributed by atoms with Crippen molar-refractivity contribution in [2.45, 2.75) is 6.92 Å². The van der Waals surface area contributed by atoms with Crippen LogP contribution in [0.1, 0.15) is 15.9 Å². The van der Waals surface area contributed by atoms with Crippen molar-refractivity contribution in [1.29, 1.82) is 0 Å². The van der Waals surface area contributed by atoms with Gasteiger partial charge >= 0.3 is 0 Å². The van der Waals surface area contributed by atoms with Gasteiger partial charge in [0.15, 0.2) is 0 Å². The van der Waals surface area contributed by atoms with Gasteiger partial charge in [0.25, 0.3) is 5.91 Å². The SMILES string of the molecule is Cc1ccc(F)c(C(=O)Nc2ccc(N)c(Br)c2)c1F. The summed E-state index contributed by atoms with van der Waals surface area (Å²) in [4.78, 5) is 12.0. The lowest BCUT2D eigenvalue weighted by atomic mass is 10.1. The number of nitrogens with one attached hydrogen (secondary N) is 1. The van der Waals surface area contributed by atoms with Gasteiger partial charge in [-0.15, -0.1) is 0 Å². The molecule has 0 heterocycles. The first-order valence-corrected chi connectivity index (χ1v) is 6.50. The van der Waals surface area contributed by atoms with Gasteiger partial charge in [-0.1, -0.05) is 6.07 Å². The van der Waals surface area contributed by atoms with Crippen LogP contribution in [0.4, 0.5) is 20.2 Å². The van der Waals surface area contributed by atoms with Crippen LogP contribution in [0.3, 0.4) is 0 Å². The standard InChI is InChI=1S/C14H11BrF2N2O/c1-7-2-4-10(16)12(13(7)17)14(20)19-8-3-5-11(18)9(15)6-8/h2-6H,18H2,1H3,(H,19,20). The number of aryl methyl sites for hydroxylation is 1. The van der Waals surface area contributed by atoms with Crippen molar-refractivity contribution in [2.24, 2.45) is 0 Å². The van der Waals surface area contributed by atoms with E-state index in [1.165, 1.54) is 13.0 Å². The number of nitrogens with two attached hydrogens (primary N) is 1. The fraction of sp³-hybridized carbons (Fsp3) is 0.0714. The van der Waals surface area contributed by atoms with E-state index in [1.54, 1.807) is 18.2 Å². The van der Waals surface area contributed by atoms with Gasteiger partial charge in [-0.25, -0.2) is 8.78 Å². The lowest BCUT2D eigenvalue weighted by Crippen LogP contribution is -2.16. The summed E-state index contributed by atoms with van der Waals surface area (Å²) in [5.74, 6) is -2.61. The molecule has 0 aliphatic rings. The summed E-state index contributed by atoms with van der Waals surface area (Å²) in [5, 5.41) is 2.43. The lowest BCUT2D eigenvalue weighted by molar-refractivity contribution is 0.101. The molecule has 2 aromatic carbocycles. The second kappa shape index (κ2) is 5.58. The maximum absolute atomic E-state index is 13.8. The van der Waals surface area contributed by atoms with Crippen LogP contribution in [-0.2, 0) is 0 Å². The van der Waals surface area contributed by atoms with Crippen LogP contribution in [-0.4, -0.2) is 5.91 Å². The molecule has 0 fully saturated rings. The quantitative estimate of drug-likeness (QED) is 0.815. The van der Waals surface area contributed by atoms with Gasteiger partial charge < -0.3 is 11.1 Å². The molecule has 0 bridgehead atoms. The maximum Gasteiger partial charge on any atom is 0.261 e. The number of rotatable bonds is 2. The fourth-order valence-corrected chi connectivity index (χ4v) is 2.04. The summed E-state index contributed by atoms with van der Waals surface area (Å²) in [7, 11) is 0. The highest BCUT2D eigenvalue weighted by molar-refractivity contribution is 9.10. The minimum Gasteiger partial charge on any atom is -0.398 e. The molecule has 0 atom stereocenters. The smallest absolute Gasteiger partial charge is 0.261 e. The Morgan fingerprint density at radius 2 is 1.95 bits per heavy atom. The van der Waals surface area contributed by atoms with Crippen LogP contribution in [0.15, 0.2) is 34.8 Å². The number of benzene rings is 2. The van der Waals surface area contributed by atoms with E-state index >= 15 is 0 Å². The van der Waals surface area contributed by atoms with Crippen molar-refractivity contribution in [2.75, 3.05) is 11.1 Å². The maximum atomic E-state index is 13.8. The zero-order valence-corrected chi connectivity index (χ0v) is 12.1. The van der Waals surface area contributed by atoms with Crippen LogP contribution in [0, 0.1) is 18.6 Å². The first-order valence-electron chi connectivity index (χ1n) is 5.71. The van der Waals surface area contributed by atoms with Crippen molar-refractivity contribution in [1.82, 2.24) is 0 Å². The Morgan fingerprint density at radius 1 is 1.25 bits per heavy atom. The molecule has 3 nitrogen and oxygen atoms in total. The monoisotopic (exact) mass is 340 g/mol. The molecule has 6 heteroatoms. The number of carbonyl (C=O) groups excluding carboxylic acids is 1. The van der Waals surface area contributed by atoms with E-state index in [9.17, 15) is 13.6 Å². The van der Waals surface area contributed by atoms with Gasteiger partial charge in [-0.05, 0) is 52.7 Å². The number of amides is 1. The second-order valence-corrected chi connectivity index (χ2v) is 5.10. The molecule has 0 spiro atoms. The largest absolute Gasteiger partial charge is 0.398 e. The number of hydrogen-bond donors (Lipinski definition) is 2. The number of nitrogen functional groups attached to an aromatic ring is 1. The predicted molar refractivity (Wildman–Crippen MR) is 77.6 cm³/mol. The molecule has 3 N–H and O–H groups in total. The summed E-state index contributed by atoms with van der Waals surface area (Å²) in [5.41, 5.74) is 6.11. The molecule has 0 unspecified atom stereocenters. The lowest BCUT2D eigenvalue weighted by Gasteiger charge is -2.09. The highest BCUT2D eigenvalue weighted by Gasteiger charge is 2.19. The highest BCUT2D eigenvalue weighted by atomic mass is 79.9. The number of anilines is 2. The average molecular weight is 341 g/mol. The van der Waals surface area contributed by atoms with E-state index in [-0.39, 0.29) is 5.56 Å². The Labute approximate surface area is 122 Å². The van der Waals surface area contributed by atoms with Crippen molar-refractivity contribution in [3.63, 3.8) is 0 Å². The van der Waals surface area contributed by atoms with Gasteiger partial charge in [0.1, 0.15) is 17.2 Å². The van der Waals surface area contributed by atoms with E-state index in [1.807, 2.05) is 0 Å². The molecule has 0 aliphatic carbocycles. The van der Waals surface area contributed by atoms with E-state index in [2.05, 4.69) is 21.2 Å². The van der Waals surface area contributed by atoms with E-state index in [4.69, 9.17) is 5.73 Å².